The first-order valence-electron chi connectivity index (χ1n) is 8.18. The fraction of sp³-hybridized carbons (Fsp3) is 0.227. The second-order valence-corrected chi connectivity index (χ2v) is 5.73. The Hall–Kier alpha value is -0.916. The van der Waals surface area contributed by atoms with Crippen molar-refractivity contribution in [2.45, 2.75) is 32.6 Å². The summed E-state index contributed by atoms with van der Waals surface area (Å²) in [4.78, 5) is 0. The molecule has 0 atom stereocenters. The van der Waals surface area contributed by atoms with Gasteiger partial charge in [0.2, 0.25) is 0 Å². The van der Waals surface area contributed by atoms with E-state index >= 15 is 0 Å². The van der Waals surface area contributed by atoms with Gasteiger partial charge in [0.1, 0.15) is 0 Å². The zero-order chi connectivity index (χ0) is 15.2. The summed E-state index contributed by atoms with van der Waals surface area (Å²) in [5.74, 6) is 0. The van der Waals surface area contributed by atoms with Crippen molar-refractivity contribution in [3.8, 4) is 0 Å². The van der Waals surface area contributed by atoms with Crippen LogP contribution < -0.4 is 24.8 Å². The van der Waals surface area contributed by atoms with E-state index in [4.69, 9.17) is 0 Å². The van der Waals surface area contributed by atoms with E-state index in [9.17, 15) is 0 Å². The third-order valence-corrected chi connectivity index (χ3v) is 4.09. The van der Waals surface area contributed by atoms with E-state index in [1.807, 2.05) is 0 Å². The van der Waals surface area contributed by atoms with Crippen LogP contribution in [-0.4, -0.2) is 0 Å². The molecule has 4 rings (SSSR count). The molecule has 0 aliphatic heterocycles. The first-order chi connectivity index (χ1) is 10.9. The van der Waals surface area contributed by atoms with Crippen molar-refractivity contribution in [1.29, 1.82) is 0 Å². The van der Waals surface area contributed by atoms with Gasteiger partial charge < -0.3 is 24.8 Å². The molecule has 0 saturated carbocycles. The van der Waals surface area contributed by atoms with Crippen LogP contribution in [0.5, 0.6) is 0 Å². The van der Waals surface area contributed by atoms with E-state index in [1.54, 1.807) is 0 Å². The molecule has 0 saturated heterocycles. The standard InChI is InChI=1S/C13H9.C9H13.2ClH.Ti/c1-3-7-12-10(5-1)9-11-6-2-4-8-13(11)12;1-2-3-6-9-7-4-5-8-9;;;/h1-9H;4,7H,2-3,5-6H2,1H3;2*1H;/q2*-1;;;+4/p-2. The number of unbranched alkanes of at least 4 members (excludes halogenated alkanes) is 1. The molecule has 3 aromatic carbocycles. The number of allylic oxidation sites excluding steroid dienone is 4. The predicted molar refractivity (Wildman–Crippen MR) is 97.1 cm³/mol. The van der Waals surface area contributed by atoms with E-state index < -0.39 is 0 Å². The Labute approximate surface area is 178 Å². The average Bonchev–Trinajstić information content (AvgIpc) is 3.21. The molecule has 0 amide bonds. The molecule has 0 unspecified atom stereocenters. The van der Waals surface area contributed by atoms with Gasteiger partial charge in [0.05, 0.1) is 0 Å². The van der Waals surface area contributed by atoms with Gasteiger partial charge in [0.15, 0.2) is 0 Å². The monoisotopic (exact) mass is 404 g/mol. The van der Waals surface area contributed by atoms with Crippen LogP contribution in [0.3, 0.4) is 0 Å². The molecule has 0 nitrogen and oxygen atoms in total. The molecule has 3 heteroatoms. The number of halogens is 2. The molecular formula is C22H22Cl2Ti. The maximum absolute atomic E-state index is 3.30. The minimum absolute atomic E-state index is 0. The third-order valence-electron chi connectivity index (χ3n) is 4.09. The van der Waals surface area contributed by atoms with Gasteiger partial charge in [-0.3, -0.25) is 6.08 Å². The van der Waals surface area contributed by atoms with Crippen LogP contribution in [0.25, 0.3) is 21.5 Å². The van der Waals surface area contributed by atoms with Crippen LogP contribution in [0.4, 0.5) is 0 Å². The molecule has 1 aliphatic carbocycles. The van der Waals surface area contributed by atoms with Crippen LogP contribution in [-0.2, 0) is 21.7 Å². The van der Waals surface area contributed by atoms with Crippen molar-refractivity contribution >= 4 is 21.5 Å². The molecule has 0 heterocycles. The van der Waals surface area contributed by atoms with E-state index in [1.165, 1.54) is 46.4 Å². The Morgan fingerprint density at radius 1 is 0.920 bits per heavy atom. The van der Waals surface area contributed by atoms with Gasteiger partial charge in [-0.15, -0.1) is 46.2 Å². The Bertz CT molecular complexity index is 765. The van der Waals surface area contributed by atoms with Crippen LogP contribution in [0.15, 0.2) is 72.3 Å². The first-order valence-corrected chi connectivity index (χ1v) is 8.18. The summed E-state index contributed by atoms with van der Waals surface area (Å²) in [6.07, 6.45) is 12.5. The van der Waals surface area contributed by atoms with Crippen molar-refractivity contribution < 1.29 is 46.5 Å². The maximum atomic E-state index is 3.30. The fourth-order valence-corrected chi connectivity index (χ4v) is 2.89. The molecule has 25 heavy (non-hydrogen) atoms. The van der Waals surface area contributed by atoms with Crippen LogP contribution in [0.2, 0.25) is 0 Å². The second kappa shape index (κ2) is 12.4. The molecule has 128 valence electrons. The summed E-state index contributed by atoms with van der Waals surface area (Å²) < 4.78 is 0. The minimum Gasteiger partial charge on any atom is -1.00 e. The quantitative estimate of drug-likeness (QED) is 0.442. The number of hydrogen-bond acceptors (Lipinski definition) is 0. The molecule has 0 radical (unpaired) electrons. The van der Waals surface area contributed by atoms with Crippen LogP contribution in [0.1, 0.15) is 32.6 Å². The van der Waals surface area contributed by atoms with Gasteiger partial charge in [-0.05, 0) is 0 Å². The molecule has 1 aliphatic rings. The number of rotatable bonds is 3. The Morgan fingerprint density at radius 2 is 1.48 bits per heavy atom. The topological polar surface area (TPSA) is 0 Å². The summed E-state index contributed by atoms with van der Waals surface area (Å²) in [5, 5.41) is 5.39. The normalized spacial score (nSPS) is 11.6. The van der Waals surface area contributed by atoms with E-state index in [2.05, 4.69) is 79.7 Å². The predicted octanol–water partition coefficient (Wildman–Crippen LogP) is 0.583. The molecule has 0 bridgehead atoms. The number of fused-ring (bicyclic) bond motifs is 3. The van der Waals surface area contributed by atoms with E-state index in [-0.39, 0.29) is 46.5 Å². The summed E-state index contributed by atoms with van der Waals surface area (Å²) in [7, 11) is 0. The fourth-order valence-electron chi connectivity index (χ4n) is 2.89. The maximum Gasteiger partial charge on any atom is 4.00 e. The largest absolute Gasteiger partial charge is 4.00 e. The Kier molecular flexibility index (Phi) is 12.0. The Balaban J connectivity index is 0.000000435. The van der Waals surface area contributed by atoms with Gasteiger partial charge >= 0.3 is 21.7 Å². The van der Waals surface area contributed by atoms with Gasteiger partial charge in [-0.2, -0.15) is 6.08 Å². The zero-order valence-electron chi connectivity index (χ0n) is 14.4. The van der Waals surface area contributed by atoms with Gasteiger partial charge in [-0.25, -0.2) is 11.6 Å². The van der Waals surface area contributed by atoms with Crippen LogP contribution in [0, 0.1) is 6.08 Å². The smallest absolute Gasteiger partial charge is 1.00 e. The van der Waals surface area contributed by atoms with Gasteiger partial charge in [-0.1, -0.05) is 62.6 Å². The third kappa shape index (κ3) is 6.39. The van der Waals surface area contributed by atoms with Crippen molar-refractivity contribution in [1.82, 2.24) is 0 Å². The first kappa shape index (κ1) is 24.1. The Morgan fingerprint density at radius 3 is 1.96 bits per heavy atom. The molecule has 3 aromatic rings. The van der Waals surface area contributed by atoms with Crippen molar-refractivity contribution in [2.24, 2.45) is 0 Å². The number of hydrogen-bond donors (Lipinski definition) is 0. The van der Waals surface area contributed by atoms with Crippen molar-refractivity contribution in [3.63, 3.8) is 0 Å². The van der Waals surface area contributed by atoms with Gasteiger partial charge in [0.25, 0.3) is 0 Å². The summed E-state index contributed by atoms with van der Waals surface area (Å²) >= 11 is 0. The number of benzene rings is 2. The summed E-state index contributed by atoms with van der Waals surface area (Å²) in [5.41, 5.74) is 1.41. The second-order valence-electron chi connectivity index (χ2n) is 5.73. The van der Waals surface area contributed by atoms with Crippen LogP contribution >= 0.6 is 0 Å². The van der Waals surface area contributed by atoms with Crippen molar-refractivity contribution in [3.05, 3.63) is 78.4 Å². The molecule has 0 aromatic heterocycles. The molecule has 0 fully saturated rings. The van der Waals surface area contributed by atoms with Gasteiger partial charge in [0, 0.05) is 0 Å². The van der Waals surface area contributed by atoms with E-state index in [0.717, 1.165) is 6.42 Å². The molecule has 0 spiro atoms. The zero-order valence-corrected chi connectivity index (χ0v) is 17.5. The average molecular weight is 405 g/mol. The summed E-state index contributed by atoms with van der Waals surface area (Å²) in [6.45, 7) is 2.22. The molecular weight excluding hydrogens is 383 g/mol. The SMILES string of the molecule is CCCCC1=[C-]CC=C1.[Cl-].[Cl-].[Ti+4].c1ccc2c(c1)[cH-]c1ccccc12. The summed E-state index contributed by atoms with van der Waals surface area (Å²) in [6, 6.07) is 19.3. The minimum atomic E-state index is 0. The van der Waals surface area contributed by atoms with Crippen molar-refractivity contribution in [2.75, 3.05) is 0 Å². The molecule has 0 N–H and O–H groups in total. The van der Waals surface area contributed by atoms with E-state index in [0.29, 0.717) is 0 Å².